The molecule has 0 aliphatic carbocycles. The molecule has 0 spiro atoms. The van der Waals surface area contributed by atoms with Gasteiger partial charge in [0.2, 0.25) is 0 Å². The Hall–Kier alpha value is -2.10. The fourth-order valence-electron chi connectivity index (χ4n) is 2.26. The zero-order chi connectivity index (χ0) is 18.1. The Kier molecular flexibility index (Phi) is 7.23. The van der Waals surface area contributed by atoms with Gasteiger partial charge in [0.15, 0.2) is 0 Å². The molecule has 25 heavy (non-hydrogen) atoms. The van der Waals surface area contributed by atoms with E-state index in [2.05, 4.69) is 6.92 Å². The molecule has 0 saturated carbocycles. The summed E-state index contributed by atoms with van der Waals surface area (Å²) >= 11 is 0. The van der Waals surface area contributed by atoms with Gasteiger partial charge in [0.1, 0.15) is 5.75 Å². The highest BCUT2D eigenvalue weighted by molar-refractivity contribution is 7.52. The molecule has 0 aromatic heterocycles. The number of unbranched alkanes of at least 4 members (excludes halogenated alkanes) is 2. The van der Waals surface area contributed by atoms with Gasteiger partial charge >= 0.3 is 13.6 Å². The molecular formula is C19H23O5P. The first-order valence-electron chi connectivity index (χ1n) is 8.33. The predicted octanol–water partition coefficient (Wildman–Crippen LogP) is 4.80. The van der Waals surface area contributed by atoms with Crippen molar-refractivity contribution in [1.82, 2.24) is 0 Å². The van der Waals surface area contributed by atoms with Crippen LogP contribution in [0, 0.1) is 0 Å². The third kappa shape index (κ3) is 6.73. The van der Waals surface area contributed by atoms with Crippen molar-refractivity contribution in [3.05, 3.63) is 65.7 Å². The number of hydrogen-bond acceptors (Lipinski definition) is 4. The van der Waals surface area contributed by atoms with Crippen LogP contribution in [0.3, 0.4) is 0 Å². The van der Waals surface area contributed by atoms with Crippen LogP contribution in [0.25, 0.3) is 0 Å². The summed E-state index contributed by atoms with van der Waals surface area (Å²) in [7, 11) is -4.05. The van der Waals surface area contributed by atoms with Crippen LogP contribution < -0.4 is 4.74 Å². The van der Waals surface area contributed by atoms with Crippen molar-refractivity contribution in [3.8, 4) is 5.75 Å². The summed E-state index contributed by atoms with van der Waals surface area (Å²) in [6.45, 7) is 2.75. The fraction of sp³-hybridized carbons (Fsp3) is 0.316. The predicted molar refractivity (Wildman–Crippen MR) is 96.8 cm³/mol. The van der Waals surface area contributed by atoms with Gasteiger partial charge in [-0.2, -0.15) is 0 Å². The van der Waals surface area contributed by atoms with Gasteiger partial charge in [0.25, 0.3) is 0 Å². The Morgan fingerprint density at radius 1 is 1.04 bits per heavy atom. The van der Waals surface area contributed by atoms with Crippen LogP contribution in [0.15, 0.2) is 54.6 Å². The minimum Gasteiger partial charge on any atom is -0.494 e. The molecule has 134 valence electrons. The maximum atomic E-state index is 12.1. The second-order valence-electron chi connectivity index (χ2n) is 5.74. The lowest BCUT2D eigenvalue weighted by Crippen LogP contribution is -2.05. The molecule has 0 aliphatic heterocycles. The van der Waals surface area contributed by atoms with Crippen molar-refractivity contribution in [2.75, 3.05) is 6.61 Å². The Morgan fingerprint density at radius 2 is 1.72 bits per heavy atom. The van der Waals surface area contributed by atoms with Crippen LogP contribution in [0.1, 0.15) is 42.1 Å². The molecule has 0 radical (unpaired) electrons. The van der Waals surface area contributed by atoms with Gasteiger partial charge in [-0.3, -0.25) is 0 Å². The quantitative estimate of drug-likeness (QED) is 0.512. The smallest absolute Gasteiger partial charge is 0.383 e. The van der Waals surface area contributed by atoms with Crippen molar-refractivity contribution in [1.29, 1.82) is 0 Å². The average molecular weight is 362 g/mol. The van der Waals surface area contributed by atoms with E-state index in [1.165, 1.54) is 12.1 Å². The molecule has 1 N–H and O–H groups in total. The molecule has 6 heteroatoms. The molecule has 1 unspecified atom stereocenters. The number of carbonyl (C=O) groups excluding carboxylic acids is 1. The molecule has 0 fully saturated rings. The molecule has 2 aromatic rings. The number of benzene rings is 2. The molecular weight excluding hydrogens is 339 g/mol. The molecule has 2 rings (SSSR count). The summed E-state index contributed by atoms with van der Waals surface area (Å²) in [6.07, 6.45) is 3.00. The molecule has 5 nitrogen and oxygen atoms in total. The van der Waals surface area contributed by atoms with E-state index in [1.807, 2.05) is 6.07 Å². The van der Waals surface area contributed by atoms with Gasteiger partial charge in [-0.15, -0.1) is 0 Å². The van der Waals surface area contributed by atoms with E-state index >= 15 is 0 Å². The van der Waals surface area contributed by atoms with Gasteiger partial charge in [-0.1, -0.05) is 50.1 Å². The average Bonchev–Trinajstić information content (AvgIpc) is 2.59. The minimum atomic E-state index is -4.05. The van der Waals surface area contributed by atoms with E-state index in [0.29, 0.717) is 17.9 Å². The Balaban J connectivity index is 1.90. The van der Waals surface area contributed by atoms with Gasteiger partial charge in [0.05, 0.1) is 18.3 Å². The molecule has 2 aromatic carbocycles. The van der Waals surface area contributed by atoms with Crippen molar-refractivity contribution < 1.29 is 23.5 Å². The van der Waals surface area contributed by atoms with Crippen LogP contribution in [0.4, 0.5) is 0 Å². The van der Waals surface area contributed by atoms with Crippen molar-refractivity contribution >= 4 is 13.6 Å². The normalized spacial score (nSPS) is 13.0. The van der Waals surface area contributed by atoms with E-state index < -0.39 is 13.6 Å². The zero-order valence-corrected chi connectivity index (χ0v) is 15.2. The molecule has 1 atom stereocenters. The molecule has 0 amide bonds. The van der Waals surface area contributed by atoms with E-state index in [1.54, 1.807) is 36.4 Å². The lowest BCUT2D eigenvalue weighted by Gasteiger charge is -2.12. The lowest BCUT2D eigenvalue weighted by atomic mass is 10.2. The summed E-state index contributed by atoms with van der Waals surface area (Å²) in [6, 6.07) is 15.1. The van der Waals surface area contributed by atoms with Crippen LogP contribution in [-0.2, 0) is 15.3 Å². The second kappa shape index (κ2) is 9.40. The standard InChI is InChI=1S/C19H23O5P/c1-2-3-7-14-23-18-12-10-17(11-13-18)19(20)24-25(21,22)15-16-8-5-4-6-9-16/h4-6,8-13H,2-3,7,14-15H2,1H3,(H,21,22). The van der Waals surface area contributed by atoms with E-state index in [0.717, 1.165) is 19.3 Å². The molecule has 0 aliphatic rings. The van der Waals surface area contributed by atoms with Gasteiger partial charge in [-0.05, 0) is 36.2 Å². The van der Waals surface area contributed by atoms with E-state index in [4.69, 9.17) is 9.26 Å². The van der Waals surface area contributed by atoms with Crippen molar-refractivity contribution in [3.63, 3.8) is 0 Å². The first-order valence-corrected chi connectivity index (χ1v) is 10.1. The number of rotatable bonds is 9. The van der Waals surface area contributed by atoms with Gasteiger partial charge in [0, 0.05) is 0 Å². The highest BCUT2D eigenvalue weighted by Crippen LogP contribution is 2.46. The Labute approximate surface area is 148 Å². The SMILES string of the molecule is CCCCCOc1ccc(C(=O)OP(=O)(O)Cc2ccccc2)cc1. The van der Waals surface area contributed by atoms with Crippen molar-refractivity contribution in [2.24, 2.45) is 0 Å². The summed E-state index contributed by atoms with van der Waals surface area (Å²) in [5.74, 6) is -0.164. The van der Waals surface area contributed by atoms with Crippen LogP contribution in [0.5, 0.6) is 5.75 Å². The molecule has 0 bridgehead atoms. The van der Waals surface area contributed by atoms with Crippen molar-refractivity contribution in [2.45, 2.75) is 32.3 Å². The van der Waals surface area contributed by atoms with Crippen LogP contribution in [-0.4, -0.2) is 17.5 Å². The summed E-state index contributed by atoms with van der Waals surface area (Å²) < 4.78 is 22.5. The number of carbonyl (C=O) groups is 1. The van der Waals surface area contributed by atoms with Gasteiger partial charge in [-0.25, -0.2) is 9.36 Å². The summed E-state index contributed by atoms with van der Waals surface area (Å²) in [5, 5.41) is 0. The Morgan fingerprint density at radius 3 is 2.36 bits per heavy atom. The topological polar surface area (TPSA) is 72.8 Å². The second-order valence-corrected chi connectivity index (χ2v) is 7.51. The summed E-state index contributed by atoms with van der Waals surface area (Å²) in [5.41, 5.74) is 0.847. The van der Waals surface area contributed by atoms with Crippen LogP contribution >= 0.6 is 7.60 Å². The number of ether oxygens (including phenoxy) is 1. The first kappa shape index (κ1) is 19.2. The maximum absolute atomic E-state index is 12.1. The first-order chi connectivity index (χ1) is 12.0. The maximum Gasteiger partial charge on any atom is 0.383 e. The molecule has 0 heterocycles. The van der Waals surface area contributed by atoms with Gasteiger partial charge < -0.3 is 14.2 Å². The third-order valence-corrected chi connectivity index (χ3v) is 4.77. The fourth-order valence-corrected chi connectivity index (χ4v) is 3.36. The van der Waals surface area contributed by atoms with E-state index in [9.17, 15) is 14.3 Å². The minimum absolute atomic E-state index is 0.210. The zero-order valence-electron chi connectivity index (χ0n) is 14.3. The monoisotopic (exact) mass is 362 g/mol. The highest BCUT2D eigenvalue weighted by Gasteiger charge is 2.25. The largest absolute Gasteiger partial charge is 0.494 e. The third-order valence-electron chi connectivity index (χ3n) is 3.56. The van der Waals surface area contributed by atoms with Crippen LogP contribution in [0.2, 0.25) is 0 Å². The Bertz CT molecular complexity index is 712. The molecule has 0 saturated heterocycles. The summed E-state index contributed by atoms with van der Waals surface area (Å²) in [4.78, 5) is 22.0. The van der Waals surface area contributed by atoms with E-state index in [-0.39, 0.29) is 11.7 Å². The number of hydrogen-bond donors (Lipinski definition) is 1. The highest BCUT2D eigenvalue weighted by atomic mass is 31.2. The lowest BCUT2D eigenvalue weighted by molar-refractivity contribution is 0.0716.